The van der Waals surface area contributed by atoms with Gasteiger partial charge in [0.15, 0.2) is 17.3 Å². The van der Waals surface area contributed by atoms with Gasteiger partial charge in [0.25, 0.3) is 5.91 Å². The zero-order chi connectivity index (χ0) is 26.0. The molecule has 1 atom stereocenters. The summed E-state index contributed by atoms with van der Waals surface area (Å²) in [5.41, 5.74) is 1.40. The van der Waals surface area contributed by atoms with Gasteiger partial charge in [-0.2, -0.15) is 0 Å². The highest BCUT2D eigenvalue weighted by Gasteiger charge is 2.36. The quantitative estimate of drug-likeness (QED) is 0.356. The summed E-state index contributed by atoms with van der Waals surface area (Å²) in [6, 6.07) is 6.97. The van der Waals surface area contributed by atoms with E-state index in [0.717, 1.165) is 12.8 Å². The Labute approximate surface area is 212 Å². The molecule has 12 heteroatoms. The van der Waals surface area contributed by atoms with Gasteiger partial charge in [0.2, 0.25) is 5.91 Å². The van der Waals surface area contributed by atoms with Gasteiger partial charge < -0.3 is 30.5 Å². The van der Waals surface area contributed by atoms with Crippen LogP contribution >= 0.6 is 0 Å². The van der Waals surface area contributed by atoms with Gasteiger partial charge >= 0.3 is 0 Å². The standard InChI is InChI=1S/C25H27N7O5/c1-26-24(34)21-17(10-20(31-32-21)30-23(33)14-6-7-14)29-16-5-3-4-15(22(16)36-2)18-11-28-19(12-27-18)25(35)8-9-37-13-25/h3-5,10-12,14,35H,6-9,13H2,1-2H3,(H,26,34)(H2,29,30,31,33). The summed E-state index contributed by atoms with van der Waals surface area (Å²) in [5, 5.41) is 27.2. The Morgan fingerprint density at radius 3 is 2.65 bits per heavy atom. The van der Waals surface area contributed by atoms with Crippen molar-refractivity contribution in [3.05, 3.63) is 48.0 Å². The van der Waals surface area contributed by atoms with E-state index in [1.807, 2.05) is 6.07 Å². The van der Waals surface area contributed by atoms with E-state index in [2.05, 4.69) is 36.1 Å². The van der Waals surface area contributed by atoms with Crippen LogP contribution in [0.4, 0.5) is 17.2 Å². The Kier molecular flexibility index (Phi) is 6.68. The van der Waals surface area contributed by atoms with E-state index >= 15 is 0 Å². The number of benzene rings is 1. The van der Waals surface area contributed by atoms with Crippen LogP contribution in [0.1, 0.15) is 35.4 Å². The Morgan fingerprint density at radius 1 is 1.16 bits per heavy atom. The Hall–Kier alpha value is -4.16. The number of hydrogen-bond acceptors (Lipinski definition) is 10. The molecule has 0 spiro atoms. The number of anilines is 3. The molecule has 1 aliphatic heterocycles. The van der Waals surface area contributed by atoms with E-state index in [1.165, 1.54) is 20.4 Å². The Bertz CT molecular complexity index is 1320. The third-order valence-corrected chi connectivity index (χ3v) is 6.33. The number of nitrogens with zero attached hydrogens (tertiary/aromatic N) is 4. The molecule has 37 heavy (non-hydrogen) atoms. The van der Waals surface area contributed by atoms with Gasteiger partial charge in [0, 0.05) is 37.6 Å². The molecule has 1 aromatic carbocycles. The van der Waals surface area contributed by atoms with E-state index in [0.29, 0.717) is 47.1 Å². The van der Waals surface area contributed by atoms with Crippen LogP contribution < -0.4 is 20.7 Å². The minimum absolute atomic E-state index is 0.0111. The molecular weight excluding hydrogens is 478 g/mol. The second-order valence-electron chi connectivity index (χ2n) is 8.97. The van der Waals surface area contributed by atoms with Gasteiger partial charge in [-0.1, -0.05) is 6.07 Å². The van der Waals surface area contributed by atoms with Crippen molar-refractivity contribution >= 4 is 29.0 Å². The van der Waals surface area contributed by atoms with E-state index < -0.39 is 11.5 Å². The predicted octanol–water partition coefficient (Wildman–Crippen LogP) is 2.00. The highest BCUT2D eigenvalue weighted by Crippen LogP contribution is 2.38. The number of carbonyl (C=O) groups excluding carboxylic acids is 2. The first kappa shape index (κ1) is 24.5. The summed E-state index contributed by atoms with van der Waals surface area (Å²) in [6.07, 6.45) is 5.27. The van der Waals surface area contributed by atoms with Gasteiger partial charge in [-0.05, 0) is 25.0 Å². The van der Waals surface area contributed by atoms with E-state index in [9.17, 15) is 14.7 Å². The van der Waals surface area contributed by atoms with Gasteiger partial charge in [-0.15, -0.1) is 10.2 Å². The average Bonchev–Trinajstić information content (AvgIpc) is 3.68. The molecule has 2 aliphatic rings. The van der Waals surface area contributed by atoms with E-state index in [4.69, 9.17) is 9.47 Å². The Morgan fingerprint density at radius 2 is 2.00 bits per heavy atom. The van der Waals surface area contributed by atoms with Crippen molar-refractivity contribution < 1.29 is 24.2 Å². The maximum atomic E-state index is 12.5. The van der Waals surface area contributed by atoms with Crippen molar-refractivity contribution in [2.45, 2.75) is 24.9 Å². The summed E-state index contributed by atoms with van der Waals surface area (Å²) in [4.78, 5) is 33.6. The molecule has 12 nitrogen and oxygen atoms in total. The molecule has 1 unspecified atom stereocenters. The first-order valence-corrected chi connectivity index (χ1v) is 11.9. The van der Waals surface area contributed by atoms with Crippen LogP contribution in [0, 0.1) is 5.92 Å². The lowest BCUT2D eigenvalue weighted by Gasteiger charge is -2.20. The van der Waals surface area contributed by atoms with Crippen LogP contribution in [-0.2, 0) is 15.1 Å². The first-order valence-electron chi connectivity index (χ1n) is 11.9. The molecule has 5 rings (SSSR count). The van der Waals surface area contributed by atoms with Gasteiger partial charge in [0.05, 0.1) is 48.9 Å². The zero-order valence-corrected chi connectivity index (χ0v) is 20.4. The molecule has 1 saturated carbocycles. The van der Waals surface area contributed by atoms with E-state index in [-0.39, 0.29) is 29.9 Å². The number of carbonyl (C=O) groups is 2. The van der Waals surface area contributed by atoms with Crippen molar-refractivity contribution in [2.24, 2.45) is 5.92 Å². The largest absolute Gasteiger partial charge is 0.494 e. The number of amides is 2. The highest BCUT2D eigenvalue weighted by atomic mass is 16.5. The number of ether oxygens (including phenoxy) is 2. The number of aromatic nitrogens is 4. The molecule has 192 valence electrons. The monoisotopic (exact) mass is 505 g/mol. The van der Waals surface area contributed by atoms with Crippen LogP contribution in [-0.4, -0.2) is 64.5 Å². The van der Waals surface area contributed by atoms with E-state index in [1.54, 1.807) is 24.4 Å². The summed E-state index contributed by atoms with van der Waals surface area (Å²) in [5.74, 6) is 0.111. The third kappa shape index (κ3) is 5.06. The van der Waals surface area contributed by atoms with Crippen molar-refractivity contribution in [1.82, 2.24) is 25.5 Å². The second kappa shape index (κ2) is 10.1. The van der Waals surface area contributed by atoms with Crippen molar-refractivity contribution in [3.8, 4) is 17.0 Å². The molecular formula is C25H27N7O5. The van der Waals surface area contributed by atoms with Crippen molar-refractivity contribution in [3.63, 3.8) is 0 Å². The highest BCUT2D eigenvalue weighted by molar-refractivity contribution is 6.00. The third-order valence-electron chi connectivity index (χ3n) is 6.33. The fourth-order valence-electron chi connectivity index (χ4n) is 4.07. The number of methoxy groups -OCH3 is 1. The molecule has 0 radical (unpaired) electrons. The lowest BCUT2D eigenvalue weighted by Crippen LogP contribution is -2.27. The topological polar surface area (TPSA) is 160 Å². The molecule has 2 aromatic heterocycles. The molecule has 2 amide bonds. The van der Waals surface area contributed by atoms with Crippen LogP contribution in [0.15, 0.2) is 36.7 Å². The molecule has 4 N–H and O–H groups in total. The number of rotatable bonds is 8. The molecule has 0 bridgehead atoms. The average molecular weight is 506 g/mol. The number of aliphatic hydroxyl groups is 1. The lowest BCUT2D eigenvalue weighted by atomic mass is 9.99. The maximum absolute atomic E-state index is 12.5. The number of hydrogen-bond donors (Lipinski definition) is 4. The van der Waals surface area contributed by atoms with Gasteiger partial charge in [-0.3, -0.25) is 19.6 Å². The smallest absolute Gasteiger partial charge is 0.273 e. The fraction of sp³-hybridized carbons (Fsp3) is 0.360. The maximum Gasteiger partial charge on any atom is 0.273 e. The first-order chi connectivity index (χ1) is 17.9. The molecule has 2 fully saturated rings. The number of nitrogens with one attached hydrogen (secondary N) is 3. The fourth-order valence-corrected chi connectivity index (χ4v) is 4.07. The van der Waals surface area contributed by atoms with Crippen LogP contribution in [0.5, 0.6) is 5.75 Å². The summed E-state index contributed by atoms with van der Waals surface area (Å²) in [7, 11) is 3.02. The summed E-state index contributed by atoms with van der Waals surface area (Å²) < 4.78 is 11.0. The molecule has 3 aromatic rings. The lowest BCUT2D eigenvalue weighted by molar-refractivity contribution is -0.117. The predicted molar refractivity (Wildman–Crippen MR) is 133 cm³/mol. The second-order valence-corrected chi connectivity index (χ2v) is 8.97. The van der Waals surface area contributed by atoms with Crippen molar-refractivity contribution in [2.75, 3.05) is 38.0 Å². The normalized spacial score (nSPS) is 18.8. The summed E-state index contributed by atoms with van der Waals surface area (Å²) >= 11 is 0. The molecule has 1 aliphatic carbocycles. The Balaban J connectivity index is 1.46. The number of para-hydroxylation sites is 1. The zero-order valence-electron chi connectivity index (χ0n) is 20.4. The minimum atomic E-state index is -1.14. The summed E-state index contributed by atoms with van der Waals surface area (Å²) in [6.45, 7) is 0.649. The SMILES string of the molecule is CNC(=O)c1nnc(NC(=O)C2CC2)cc1Nc1cccc(-c2cnc(C3(O)CCOC3)cn2)c1OC. The van der Waals surface area contributed by atoms with Gasteiger partial charge in [-0.25, -0.2) is 0 Å². The minimum Gasteiger partial charge on any atom is -0.494 e. The van der Waals surface area contributed by atoms with Crippen LogP contribution in [0.3, 0.4) is 0 Å². The molecule has 3 heterocycles. The van der Waals surface area contributed by atoms with Crippen LogP contribution in [0.25, 0.3) is 11.3 Å². The van der Waals surface area contributed by atoms with Crippen LogP contribution in [0.2, 0.25) is 0 Å². The molecule has 1 saturated heterocycles. The van der Waals surface area contributed by atoms with Gasteiger partial charge in [0.1, 0.15) is 5.60 Å². The van der Waals surface area contributed by atoms with Crippen molar-refractivity contribution in [1.29, 1.82) is 0 Å².